The van der Waals surface area contributed by atoms with Crippen LogP contribution in [-0.4, -0.2) is 0 Å². The molecule has 0 fully saturated rings. The van der Waals surface area contributed by atoms with Crippen molar-refractivity contribution in [2.75, 3.05) is 0 Å². The summed E-state index contributed by atoms with van der Waals surface area (Å²) in [5.41, 5.74) is 6.46. The largest absolute Gasteiger partial charge is 4.00 e. The SMILES string of the molecule is [Cl-].[Cl-].[Zr+4].c1ccc2c(c1)cc1[c-]2CCCC1.c1ccc2c(c1)cc1[c-]2CCCC1. The van der Waals surface area contributed by atoms with Crippen LogP contribution < -0.4 is 24.8 Å². The Balaban J connectivity index is 0.000000187. The Morgan fingerprint density at radius 2 is 0.966 bits per heavy atom. The smallest absolute Gasteiger partial charge is 1.00 e. The Kier molecular flexibility index (Phi) is 9.21. The van der Waals surface area contributed by atoms with Crippen molar-refractivity contribution >= 4 is 21.5 Å². The molecular formula is C26H26Cl2Zr. The molecule has 0 amide bonds. The Bertz CT molecular complexity index is 971. The molecule has 0 aliphatic heterocycles. The van der Waals surface area contributed by atoms with E-state index in [1.165, 1.54) is 72.9 Å². The van der Waals surface area contributed by atoms with E-state index < -0.39 is 0 Å². The number of hydrogen-bond acceptors (Lipinski definition) is 0. The van der Waals surface area contributed by atoms with Gasteiger partial charge in [-0.1, -0.05) is 50.7 Å². The summed E-state index contributed by atoms with van der Waals surface area (Å²) in [7, 11) is 0. The average Bonchev–Trinajstić information content (AvgIpc) is 3.27. The zero-order valence-corrected chi connectivity index (χ0v) is 20.7. The molecule has 0 aromatic heterocycles. The third-order valence-corrected chi connectivity index (χ3v) is 6.25. The van der Waals surface area contributed by atoms with E-state index in [1.807, 2.05) is 0 Å². The Morgan fingerprint density at radius 1 is 0.552 bits per heavy atom. The molecule has 0 atom stereocenters. The monoisotopic (exact) mass is 498 g/mol. The van der Waals surface area contributed by atoms with E-state index in [2.05, 4.69) is 60.7 Å². The molecule has 4 aromatic carbocycles. The van der Waals surface area contributed by atoms with Gasteiger partial charge < -0.3 is 24.8 Å². The zero-order valence-electron chi connectivity index (χ0n) is 16.7. The summed E-state index contributed by atoms with van der Waals surface area (Å²) < 4.78 is 0. The van der Waals surface area contributed by atoms with Crippen LogP contribution in [0.15, 0.2) is 60.7 Å². The first-order valence-corrected chi connectivity index (χ1v) is 10.2. The summed E-state index contributed by atoms with van der Waals surface area (Å²) in [5, 5.41) is 5.87. The van der Waals surface area contributed by atoms with Crippen LogP contribution in [0.4, 0.5) is 0 Å². The van der Waals surface area contributed by atoms with Crippen LogP contribution in [0.5, 0.6) is 0 Å². The van der Waals surface area contributed by atoms with Gasteiger partial charge in [0.1, 0.15) is 0 Å². The number of hydrogen-bond donors (Lipinski definition) is 0. The molecular weight excluding hydrogens is 474 g/mol. The first-order valence-electron chi connectivity index (χ1n) is 10.2. The van der Waals surface area contributed by atoms with Crippen LogP contribution in [0.2, 0.25) is 0 Å². The Labute approximate surface area is 205 Å². The van der Waals surface area contributed by atoms with Gasteiger partial charge >= 0.3 is 26.2 Å². The van der Waals surface area contributed by atoms with Gasteiger partial charge in [-0.15, -0.1) is 80.2 Å². The molecule has 0 bridgehead atoms. The Morgan fingerprint density at radius 3 is 1.41 bits per heavy atom. The van der Waals surface area contributed by atoms with Gasteiger partial charge in [0.15, 0.2) is 0 Å². The molecule has 29 heavy (non-hydrogen) atoms. The number of halogens is 2. The van der Waals surface area contributed by atoms with E-state index in [1.54, 1.807) is 22.3 Å². The minimum Gasteiger partial charge on any atom is -1.00 e. The normalized spacial score (nSPS) is 14.3. The van der Waals surface area contributed by atoms with E-state index in [0.717, 1.165) is 0 Å². The molecule has 0 N–H and O–H groups in total. The predicted octanol–water partition coefficient (Wildman–Crippen LogP) is 0.881. The average molecular weight is 501 g/mol. The minimum atomic E-state index is 0. The van der Waals surface area contributed by atoms with Gasteiger partial charge in [-0.05, 0) is 12.8 Å². The van der Waals surface area contributed by atoms with Crippen LogP contribution >= 0.6 is 0 Å². The standard InChI is InChI=1S/2C13H13.2ClH.Zr/c2*1-3-7-12-10(5-1)9-11-6-2-4-8-13(11)12;;;/h2*1,3,5,7,9H,2,4,6,8H2;2*1H;/q2*-1;;;+4/p-2. The number of fused-ring (bicyclic) bond motifs is 6. The topological polar surface area (TPSA) is 0 Å². The van der Waals surface area contributed by atoms with Crippen molar-refractivity contribution < 1.29 is 51.0 Å². The van der Waals surface area contributed by atoms with E-state index in [-0.39, 0.29) is 51.0 Å². The molecule has 3 heteroatoms. The van der Waals surface area contributed by atoms with Gasteiger partial charge in [0, 0.05) is 0 Å². The molecule has 2 aliphatic carbocycles. The molecule has 0 saturated carbocycles. The minimum absolute atomic E-state index is 0. The first-order chi connectivity index (χ1) is 12.9. The number of aryl methyl sites for hydroxylation is 4. The molecule has 6 rings (SSSR count). The second kappa shape index (κ2) is 10.9. The third kappa shape index (κ3) is 4.90. The van der Waals surface area contributed by atoms with E-state index in [4.69, 9.17) is 0 Å². The summed E-state index contributed by atoms with van der Waals surface area (Å²) >= 11 is 0. The predicted molar refractivity (Wildman–Crippen MR) is 112 cm³/mol. The summed E-state index contributed by atoms with van der Waals surface area (Å²) in [6.45, 7) is 0. The van der Waals surface area contributed by atoms with Crippen molar-refractivity contribution in [2.24, 2.45) is 0 Å². The Hall–Kier alpha value is -0.877. The fourth-order valence-electron chi connectivity index (χ4n) is 4.96. The van der Waals surface area contributed by atoms with Gasteiger partial charge in [-0.3, -0.25) is 0 Å². The molecule has 0 spiro atoms. The second-order valence-electron chi connectivity index (χ2n) is 7.88. The van der Waals surface area contributed by atoms with Crippen molar-refractivity contribution in [3.05, 3.63) is 82.9 Å². The van der Waals surface area contributed by atoms with Gasteiger partial charge in [0.25, 0.3) is 0 Å². The molecule has 0 unspecified atom stereocenters. The van der Waals surface area contributed by atoms with Crippen molar-refractivity contribution in [3.63, 3.8) is 0 Å². The van der Waals surface area contributed by atoms with Gasteiger partial charge in [-0.25, -0.2) is 0 Å². The summed E-state index contributed by atoms with van der Waals surface area (Å²) in [6, 6.07) is 22.3. The fourth-order valence-corrected chi connectivity index (χ4v) is 4.96. The molecule has 0 saturated heterocycles. The van der Waals surface area contributed by atoms with Crippen molar-refractivity contribution in [1.29, 1.82) is 0 Å². The van der Waals surface area contributed by atoms with Crippen LogP contribution in [0.1, 0.15) is 47.9 Å². The van der Waals surface area contributed by atoms with Crippen LogP contribution in [0.25, 0.3) is 21.5 Å². The van der Waals surface area contributed by atoms with Gasteiger partial charge in [-0.2, -0.15) is 12.1 Å². The van der Waals surface area contributed by atoms with Gasteiger partial charge in [0.2, 0.25) is 0 Å². The molecule has 0 nitrogen and oxygen atoms in total. The maximum Gasteiger partial charge on any atom is 4.00 e. The maximum absolute atomic E-state index is 2.38. The second-order valence-corrected chi connectivity index (χ2v) is 7.88. The molecule has 2 aliphatic rings. The first kappa shape index (κ1) is 24.4. The molecule has 148 valence electrons. The summed E-state index contributed by atoms with van der Waals surface area (Å²) in [4.78, 5) is 0. The summed E-state index contributed by atoms with van der Waals surface area (Å²) in [5.74, 6) is 0. The third-order valence-electron chi connectivity index (χ3n) is 6.25. The zero-order chi connectivity index (χ0) is 17.3. The number of benzene rings is 2. The molecule has 0 radical (unpaired) electrons. The van der Waals surface area contributed by atoms with Crippen molar-refractivity contribution in [1.82, 2.24) is 0 Å². The molecule has 4 aromatic rings. The van der Waals surface area contributed by atoms with Crippen LogP contribution in [-0.2, 0) is 51.9 Å². The van der Waals surface area contributed by atoms with Crippen molar-refractivity contribution in [3.8, 4) is 0 Å². The van der Waals surface area contributed by atoms with Crippen LogP contribution in [0, 0.1) is 0 Å². The fraction of sp³-hybridized carbons (Fsp3) is 0.308. The van der Waals surface area contributed by atoms with Crippen LogP contribution in [0.3, 0.4) is 0 Å². The van der Waals surface area contributed by atoms with E-state index in [0.29, 0.717) is 0 Å². The maximum atomic E-state index is 2.38. The van der Waals surface area contributed by atoms with E-state index >= 15 is 0 Å². The van der Waals surface area contributed by atoms with Crippen molar-refractivity contribution in [2.45, 2.75) is 51.4 Å². The summed E-state index contributed by atoms with van der Waals surface area (Å²) in [6.07, 6.45) is 10.7. The van der Waals surface area contributed by atoms with Gasteiger partial charge in [0.05, 0.1) is 0 Å². The number of rotatable bonds is 0. The van der Waals surface area contributed by atoms with E-state index in [9.17, 15) is 0 Å². The quantitative estimate of drug-likeness (QED) is 0.315. The molecule has 0 heterocycles.